The van der Waals surface area contributed by atoms with Crippen LogP contribution < -0.4 is 5.56 Å². The number of carbonyl (C=O) groups is 1. The van der Waals surface area contributed by atoms with Crippen LogP contribution in [0.1, 0.15) is 30.0 Å². The lowest BCUT2D eigenvalue weighted by molar-refractivity contribution is -0.172. The van der Waals surface area contributed by atoms with Crippen molar-refractivity contribution < 1.29 is 19.0 Å². The molecule has 0 radical (unpaired) electrons. The van der Waals surface area contributed by atoms with Crippen LogP contribution in [0.25, 0.3) is 22.3 Å². The molecule has 0 saturated heterocycles. The van der Waals surface area contributed by atoms with Crippen LogP contribution in [0.15, 0.2) is 35.1 Å². The number of rotatable bonds is 1. The monoisotopic (exact) mass is 366 g/mol. The fraction of sp³-hybridized carbons (Fsp3) is 0.250. The molecule has 0 amide bonds. The maximum atomic E-state index is 13.5. The molecule has 0 saturated carbocycles. The van der Waals surface area contributed by atoms with E-state index in [4.69, 9.17) is 4.74 Å². The number of benzene rings is 1. The molecule has 2 aliphatic heterocycles. The van der Waals surface area contributed by atoms with Crippen LogP contribution in [0.2, 0.25) is 0 Å². The largest absolute Gasteiger partial charge is 0.458 e. The summed E-state index contributed by atoms with van der Waals surface area (Å²) in [5.74, 6) is -1.10. The van der Waals surface area contributed by atoms with Crippen LogP contribution in [-0.4, -0.2) is 20.6 Å². The van der Waals surface area contributed by atoms with Gasteiger partial charge < -0.3 is 14.4 Å². The molecule has 7 heteroatoms. The molecular formula is C20H15FN2O4. The third kappa shape index (κ3) is 2.06. The molecule has 1 aromatic carbocycles. The number of aliphatic hydroxyl groups is 1. The topological polar surface area (TPSA) is 81.4 Å². The van der Waals surface area contributed by atoms with Gasteiger partial charge in [0.05, 0.1) is 29.0 Å². The van der Waals surface area contributed by atoms with Gasteiger partial charge in [0, 0.05) is 16.5 Å². The smallest absolute Gasteiger partial charge is 0.343 e. The Balaban J connectivity index is 1.80. The molecule has 2 aliphatic rings. The summed E-state index contributed by atoms with van der Waals surface area (Å²) in [6.07, 6.45) is 0.0962. The second-order valence-electron chi connectivity index (χ2n) is 6.94. The minimum absolute atomic E-state index is 0.0962. The first-order valence-corrected chi connectivity index (χ1v) is 8.68. The van der Waals surface area contributed by atoms with Crippen molar-refractivity contribution in [2.45, 2.75) is 32.1 Å². The zero-order valence-corrected chi connectivity index (χ0v) is 14.5. The summed E-state index contributed by atoms with van der Waals surface area (Å²) >= 11 is 0. The average Bonchev–Trinajstić information content (AvgIpc) is 3.01. The number of halogens is 1. The highest BCUT2D eigenvalue weighted by Crippen LogP contribution is 2.38. The lowest BCUT2D eigenvalue weighted by atomic mass is 9.86. The number of esters is 1. The number of aromatic nitrogens is 2. The predicted octanol–water partition coefficient (Wildman–Crippen LogP) is 2.22. The van der Waals surface area contributed by atoms with E-state index in [-0.39, 0.29) is 35.5 Å². The van der Waals surface area contributed by atoms with Gasteiger partial charge in [0.15, 0.2) is 5.60 Å². The summed E-state index contributed by atoms with van der Waals surface area (Å²) in [5, 5.41) is 11.5. The first-order valence-electron chi connectivity index (χ1n) is 8.68. The zero-order chi connectivity index (χ0) is 18.9. The van der Waals surface area contributed by atoms with Crippen molar-refractivity contribution in [3.8, 4) is 11.4 Å². The lowest BCUT2D eigenvalue weighted by Gasteiger charge is -2.31. The van der Waals surface area contributed by atoms with Gasteiger partial charge in [-0.1, -0.05) is 6.92 Å². The molecule has 1 N–H and O–H groups in total. The highest BCUT2D eigenvalue weighted by molar-refractivity contribution is 5.86. The van der Waals surface area contributed by atoms with Gasteiger partial charge in [-0.3, -0.25) is 4.79 Å². The van der Waals surface area contributed by atoms with E-state index in [0.29, 0.717) is 28.8 Å². The van der Waals surface area contributed by atoms with Crippen LogP contribution in [0.5, 0.6) is 0 Å². The number of hydrogen-bond donors (Lipinski definition) is 1. The summed E-state index contributed by atoms with van der Waals surface area (Å²) < 4.78 is 20.1. The molecule has 0 spiro atoms. The van der Waals surface area contributed by atoms with E-state index in [1.807, 2.05) is 6.07 Å². The Morgan fingerprint density at radius 1 is 1.30 bits per heavy atom. The van der Waals surface area contributed by atoms with Crippen molar-refractivity contribution in [2.24, 2.45) is 0 Å². The normalized spacial score (nSPS) is 20.2. The molecule has 0 aliphatic carbocycles. The number of pyridine rings is 2. The van der Waals surface area contributed by atoms with Crippen molar-refractivity contribution in [1.82, 2.24) is 9.55 Å². The van der Waals surface area contributed by atoms with E-state index < -0.39 is 11.6 Å². The Hall–Kier alpha value is -3.06. The lowest BCUT2D eigenvalue weighted by Crippen LogP contribution is -2.44. The maximum absolute atomic E-state index is 13.5. The Bertz CT molecular complexity index is 1220. The molecule has 27 heavy (non-hydrogen) atoms. The zero-order valence-electron chi connectivity index (χ0n) is 14.5. The van der Waals surface area contributed by atoms with E-state index in [1.165, 1.54) is 12.1 Å². The first kappa shape index (κ1) is 16.1. The van der Waals surface area contributed by atoms with Crippen molar-refractivity contribution in [3.05, 3.63) is 63.2 Å². The Morgan fingerprint density at radius 3 is 2.89 bits per heavy atom. The minimum Gasteiger partial charge on any atom is -0.458 e. The van der Waals surface area contributed by atoms with Crippen LogP contribution in [-0.2, 0) is 28.3 Å². The molecule has 1 atom stereocenters. The summed E-state index contributed by atoms with van der Waals surface area (Å²) in [6.45, 7) is 1.80. The minimum atomic E-state index is -1.84. The van der Waals surface area contributed by atoms with Crippen LogP contribution >= 0.6 is 0 Å². The Kier molecular flexibility index (Phi) is 3.13. The van der Waals surface area contributed by atoms with Crippen molar-refractivity contribution in [1.29, 1.82) is 0 Å². The fourth-order valence-electron chi connectivity index (χ4n) is 3.96. The van der Waals surface area contributed by atoms with E-state index in [0.717, 1.165) is 5.56 Å². The van der Waals surface area contributed by atoms with Crippen LogP contribution in [0.4, 0.5) is 4.39 Å². The molecule has 6 nitrogen and oxygen atoms in total. The van der Waals surface area contributed by atoms with Crippen LogP contribution in [0, 0.1) is 5.82 Å². The maximum Gasteiger partial charge on any atom is 0.343 e. The molecule has 2 aromatic heterocycles. The van der Waals surface area contributed by atoms with Gasteiger partial charge in [-0.25, -0.2) is 14.2 Å². The molecule has 4 heterocycles. The number of hydrogen-bond acceptors (Lipinski definition) is 5. The molecule has 0 bridgehead atoms. The number of carbonyl (C=O) groups excluding carboxylic acids is 1. The van der Waals surface area contributed by atoms with Gasteiger partial charge >= 0.3 is 5.97 Å². The van der Waals surface area contributed by atoms with E-state index in [9.17, 15) is 19.1 Å². The Labute approximate surface area is 152 Å². The standard InChI is InChI=1S/C20H15FN2O4/c1-2-20(26)14-7-16-17-11(5-10-6-12(21)3-4-15(10)22-17)8-23(16)18(24)13(14)9-27-19(20)25/h3-7,26H,2,8-9H2,1H3/t20-/m0/s1. The third-order valence-corrected chi connectivity index (χ3v) is 5.47. The van der Waals surface area contributed by atoms with E-state index in [1.54, 1.807) is 23.6 Å². The van der Waals surface area contributed by atoms with E-state index in [2.05, 4.69) is 4.98 Å². The summed E-state index contributed by atoms with van der Waals surface area (Å²) in [4.78, 5) is 29.7. The number of fused-ring (bicyclic) bond motifs is 5. The van der Waals surface area contributed by atoms with Crippen molar-refractivity contribution in [3.63, 3.8) is 0 Å². The second-order valence-corrected chi connectivity index (χ2v) is 6.94. The highest BCUT2D eigenvalue weighted by atomic mass is 19.1. The quantitative estimate of drug-likeness (QED) is 0.523. The van der Waals surface area contributed by atoms with Gasteiger partial charge in [0.25, 0.3) is 5.56 Å². The third-order valence-electron chi connectivity index (χ3n) is 5.47. The first-order chi connectivity index (χ1) is 12.9. The number of nitrogens with zero attached hydrogens (tertiary/aromatic N) is 2. The van der Waals surface area contributed by atoms with Gasteiger partial charge in [0.2, 0.25) is 0 Å². The summed E-state index contributed by atoms with van der Waals surface area (Å²) in [5.41, 5.74) is 0.963. The van der Waals surface area contributed by atoms with Gasteiger partial charge in [-0.05, 0) is 36.8 Å². The number of ether oxygens (including phenoxy) is 1. The molecule has 136 valence electrons. The molecule has 0 unspecified atom stereocenters. The second kappa shape index (κ2) is 5.23. The van der Waals surface area contributed by atoms with Crippen molar-refractivity contribution >= 4 is 16.9 Å². The average molecular weight is 366 g/mol. The molecule has 3 aromatic rings. The van der Waals surface area contributed by atoms with E-state index >= 15 is 0 Å². The van der Waals surface area contributed by atoms with Crippen LogP contribution in [0.3, 0.4) is 0 Å². The fourth-order valence-corrected chi connectivity index (χ4v) is 3.96. The van der Waals surface area contributed by atoms with Gasteiger partial charge in [0.1, 0.15) is 12.4 Å². The summed E-state index contributed by atoms with van der Waals surface area (Å²) in [6, 6.07) is 7.81. The van der Waals surface area contributed by atoms with Gasteiger partial charge in [-0.2, -0.15) is 0 Å². The highest BCUT2D eigenvalue weighted by Gasteiger charge is 2.45. The van der Waals surface area contributed by atoms with Crippen molar-refractivity contribution in [2.75, 3.05) is 0 Å². The SMILES string of the molecule is CC[C@@]1(O)C(=O)OCc2c1cc1n(c2=O)Cc2cc3cc(F)ccc3nc2-1. The predicted molar refractivity (Wildman–Crippen MR) is 94.5 cm³/mol. The molecule has 5 rings (SSSR count). The van der Waals surface area contributed by atoms with Gasteiger partial charge in [-0.15, -0.1) is 0 Å². The number of cyclic esters (lactones) is 1. The molecular weight excluding hydrogens is 351 g/mol. The summed E-state index contributed by atoms with van der Waals surface area (Å²) in [7, 11) is 0. The Morgan fingerprint density at radius 2 is 2.11 bits per heavy atom. The molecule has 0 fully saturated rings.